The van der Waals surface area contributed by atoms with Crippen LogP contribution in [0.1, 0.15) is 19.2 Å². The highest BCUT2D eigenvalue weighted by atomic mass is 19.4. The van der Waals surface area contributed by atoms with Crippen LogP contribution in [0.3, 0.4) is 0 Å². The van der Waals surface area contributed by atoms with Gasteiger partial charge in [-0.05, 0) is 42.8 Å². The van der Waals surface area contributed by atoms with Crippen LogP contribution in [0.5, 0.6) is 5.88 Å². The summed E-state index contributed by atoms with van der Waals surface area (Å²) in [6.45, 7) is 3.80. The number of ether oxygens (including phenoxy) is 3. The minimum absolute atomic E-state index is 0.0392. The molecule has 7 heterocycles. The van der Waals surface area contributed by atoms with Crippen molar-refractivity contribution in [3.63, 3.8) is 0 Å². The lowest BCUT2D eigenvalue weighted by Crippen LogP contribution is -2.68. The highest BCUT2D eigenvalue weighted by Gasteiger charge is 2.50. The largest absolute Gasteiger partial charge is 0.480 e. The van der Waals surface area contributed by atoms with Crippen LogP contribution in [0, 0.1) is 0 Å². The molecule has 0 radical (unpaired) electrons. The van der Waals surface area contributed by atoms with Gasteiger partial charge in [0.15, 0.2) is 11.4 Å². The Balaban J connectivity index is 1.18. The van der Waals surface area contributed by atoms with Gasteiger partial charge in [0, 0.05) is 43.4 Å². The van der Waals surface area contributed by atoms with E-state index in [1.165, 1.54) is 4.90 Å². The molecule has 0 unspecified atom stereocenters. The number of nitrogens with zero attached hydrogens (tertiary/aromatic N) is 6. The molecule has 0 aliphatic carbocycles. The van der Waals surface area contributed by atoms with Gasteiger partial charge in [-0.3, -0.25) is 0 Å². The minimum Gasteiger partial charge on any atom is -0.480 e. The fraction of sp³-hybridized carbons (Fsp3) is 0.382. The SMILES string of the molecule is CNc1cc(-c2cnc(O[C@H]3C[C@@H](C(=O)O)N(c4nc(C(F)(F)F)nc5c4oc4ccccc45)C3)c(N3CCOC4(COC4)[C@@H]3C)c2)ccn1. The number of para-hydroxylation sites is 1. The van der Waals surface area contributed by atoms with Gasteiger partial charge in [-0.25, -0.2) is 24.7 Å². The molecular weight excluding hydrogens is 659 g/mol. The molecule has 16 heteroatoms. The van der Waals surface area contributed by atoms with Crippen LogP contribution < -0.4 is 19.9 Å². The molecule has 260 valence electrons. The fourth-order valence-electron chi connectivity index (χ4n) is 6.95. The molecule has 1 aromatic carbocycles. The number of aliphatic carboxylic acids is 1. The van der Waals surface area contributed by atoms with Gasteiger partial charge in [0.2, 0.25) is 11.7 Å². The molecule has 3 aliphatic heterocycles. The molecule has 3 aliphatic rings. The Bertz CT molecular complexity index is 2110. The second-order valence-electron chi connectivity index (χ2n) is 12.6. The highest BCUT2D eigenvalue weighted by molar-refractivity contribution is 6.06. The molecule has 1 spiro atoms. The summed E-state index contributed by atoms with van der Waals surface area (Å²) in [4.78, 5) is 32.7. The Morgan fingerprint density at radius 2 is 1.92 bits per heavy atom. The Labute approximate surface area is 283 Å². The summed E-state index contributed by atoms with van der Waals surface area (Å²) in [6.07, 6.45) is -2.38. The van der Waals surface area contributed by atoms with E-state index >= 15 is 0 Å². The number of carboxylic acids is 1. The molecule has 13 nitrogen and oxygen atoms in total. The predicted octanol–water partition coefficient (Wildman–Crippen LogP) is 5.00. The van der Waals surface area contributed by atoms with Gasteiger partial charge in [-0.2, -0.15) is 13.2 Å². The van der Waals surface area contributed by atoms with Crippen molar-refractivity contribution in [3.05, 3.63) is 60.7 Å². The van der Waals surface area contributed by atoms with Crippen molar-refractivity contribution in [1.29, 1.82) is 0 Å². The van der Waals surface area contributed by atoms with Gasteiger partial charge >= 0.3 is 12.1 Å². The van der Waals surface area contributed by atoms with Crippen molar-refractivity contribution in [2.45, 2.75) is 43.3 Å². The third-order valence-corrected chi connectivity index (χ3v) is 9.69. The number of halogens is 3. The summed E-state index contributed by atoms with van der Waals surface area (Å²) in [5.41, 5.74) is 2.04. The number of morpholine rings is 1. The van der Waals surface area contributed by atoms with E-state index in [4.69, 9.17) is 23.6 Å². The number of pyridine rings is 2. The quantitative estimate of drug-likeness (QED) is 0.236. The Hall–Kier alpha value is -5.22. The molecule has 3 fully saturated rings. The maximum absolute atomic E-state index is 14.1. The van der Waals surface area contributed by atoms with Crippen LogP contribution in [0.25, 0.3) is 33.2 Å². The third-order valence-electron chi connectivity index (χ3n) is 9.69. The number of hydrogen-bond donors (Lipinski definition) is 2. The van der Waals surface area contributed by atoms with E-state index in [0.717, 1.165) is 11.1 Å². The molecule has 0 bridgehead atoms. The number of benzene rings is 1. The smallest absolute Gasteiger partial charge is 0.451 e. The Morgan fingerprint density at radius 3 is 2.66 bits per heavy atom. The van der Waals surface area contributed by atoms with Crippen LogP contribution in [0.4, 0.5) is 30.5 Å². The normalized spacial score (nSPS) is 21.9. The van der Waals surface area contributed by atoms with E-state index in [0.29, 0.717) is 48.8 Å². The monoisotopic (exact) mass is 691 g/mol. The van der Waals surface area contributed by atoms with E-state index in [2.05, 4.69) is 25.2 Å². The molecule has 50 heavy (non-hydrogen) atoms. The lowest BCUT2D eigenvalue weighted by Gasteiger charge is -2.53. The minimum atomic E-state index is -4.89. The van der Waals surface area contributed by atoms with Crippen LogP contribution in [-0.2, 0) is 20.4 Å². The van der Waals surface area contributed by atoms with Crippen molar-refractivity contribution < 1.29 is 41.7 Å². The van der Waals surface area contributed by atoms with Crippen molar-refractivity contribution in [2.75, 3.05) is 55.1 Å². The number of furan rings is 1. The summed E-state index contributed by atoms with van der Waals surface area (Å²) < 4.78 is 66.4. The first-order valence-electron chi connectivity index (χ1n) is 16.1. The van der Waals surface area contributed by atoms with Crippen LogP contribution in [0.15, 0.2) is 59.3 Å². The molecule has 2 N–H and O–H groups in total. The number of nitrogens with one attached hydrogen (secondary N) is 1. The Kier molecular flexibility index (Phi) is 7.67. The third kappa shape index (κ3) is 5.38. The van der Waals surface area contributed by atoms with Crippen molar-refractivity contribution in [1.82, 2.24) is 19.9 Å². The molecule has 5 aromatic rings. The lowest BCUT2D eigenvalue weighted by molar-refractivity contribution is -0.228. The van der Waals surface area contributed by atoms with Gasteiger partial charge < -0.3 is 38.9 Å². The molecule has 8 rings (SSSR count). The number of anilines is 3. The second kappa shape index (κ2) is 12.0. The van der Waals surface area contributed by atoms with E-state index < -0.39 is 35.7 Å². The van der Waals surface area contributed by atoms with Gasteiger partial charge in [0.05, 0.1) is 32.4 Å². The van der Waals surface area contributed by atoms with E-state index in [1.807, 2.05) is 25.1 Å². The van der Waals surface area contributed by atoms with E-state index in [9.17, 15) is 23.1 Å². The van der Waals surface area contributed by atoms with Crippen LogP contribution in [0.2, 0.25) is 0 Å². The standard InChI is InChI=1S/C34H32F3N7O6/c1-18-33(16-47-17-33)48-10-9-43(18)23-11-20(19-7-8-39-26(12-19)38-2)14-40-30(23)49-21-13-24(31(45)46)44(15-21)29-28-27(41-32(42-29)34(35,36)37)22-5-3-4-6-25(22)50-28/h3-8,11-12,14,18,21,24H,9-10,13,15-17H2,1-2H3,(H,38,39)(H,45,46)/t18-,21-,24-/m0/s1. The highest BCUT2D eigenvalue weighted by Crippen LogP contribution is 2.42. The van der Waals surface area contributed by atoms with E-state index in [1.54, 1.807) is 43.7 Å². The number of aromatic nitrogens is 4. The van der Waals surface area contributed by atoms with Gasteiger partial charge in [-0.15, -0.1) is 0 Å². The van der Waals surface area contributed by atoms with E-state index in [-0.39, 0.29) is 41.8 Å². The van der Waals surface area contributed by atoms with Crippen molar-refractivity contribution in [3.8, 4) is 17.0 Å². The predicted molar refractivity (Wildman–Crippen MR) is 175 cm³/mol. The average Bonchev–Trinajstić information content (AvgIpc) is 3.69. The maximum atomic E-state index is 14.1. The molecule has 3 saturated heterocycles. The zero-order valence-electron chi connectivity index (χ0n) is 27.0. The molecular formula is C34H32F3N7O6. The number of hydrogen-bond acceptors (Lipinski definition) is 12. The Morgan fingerprint density at radius 1 is 1.10 bits per heavy atom. The average molecular weight is 692 g/mol. The first-order chi connectivity index (χ1) is 24.0. The summed E-state index contributed by atoms with van der Waals surface area (Å²) in [7, 11) is 1.78. The van der Waals surface area contributed by atoms with Gasteiger partial charge in [-0.1, -0.05) is 12.1 Å². The number of alkyl halides is 3. The van der Waals surface area contributed by atoms with Crippen molar-refractivity contribution in [2.24, 2.45) is 0 Å². The zero-order chi connectivity index (χ0) is 34.8. The maximum Gasteiger partial charge on any atom is 0.451 e. The summed E-state index contributed by atoms with van der Waals surface area (Å²) in [5.74, 6) is -1.98. The summed E-state index contributed by atoms with van der Waals surface area (Å²) >= 11 is 0. The number of carboxylic acid groups (broad SMARTS) is 1. The fourth-order valence-corrected chi connectivity index (χ4v) is 6.95. The lowest BCUT2D eigenvalue weighted by atomic mass is 9.90. The zero-order valence-corrected chi connectivity index (χ0v) is 27.0. The number of fused-ring (bicyclic) bond motifs is 3. The summed E-state index contributed by atoms with van der Waals surface area (Å²) in [5, 5.41) is 13.7. The first-order valence-corrected chi connectivity index (χ1v) is 16.1. The second-order valence-corrected chi connectivity index (χ2v) is 12.6. The molecule has 4 aromatic heterocycles. The van der Waals surface area contributed by atoms with Crippen LogP contribution >= 0.6 is 0 Å². The van der Waals surface area contributed by atoms with Gasteiger partial charge in [0.25, 0.3) is 0 Å². The molecule has 0 saturated carbocycles. The topological polar surface area (TPSA) is 148 Å². The first kappa shape index (κ1) is 32.0. The number of rotatable bonds is 7. The van der Waals surface area contributed by atoms with Gasteiger partial charge in [0.1, 0.15) is 40.4 Å². The summed E-state index contributed by atoms with van der Waals surface area (Å²) in [6, 6.07) is 10.9. The molecule has 0 amide bonds. The molecule has 3 atom stereocenters. The van der Waals surface area contributed by atoms with Crippen molar-refractivity contribution >= 4 is 45.4 Å². The van der Waals surface area contributed by atoms with Crippen LogP contribution in [-0.4, -0.2) is 94.8 Å². The number of carbonyl (C=O) groups is 1.